The van der Waals surface area contributed by atoms with E-state index in [0.717, 1.165) is 0 Å². The zero-order chi connectivity index (χ0) is 12.8. The van der Waals surface area contributed by atoms with E-state index in [1.54, 1.807) is 0 Å². The summed E-state index contributed by atoms with van der Waals surface area (Å²) in [7, 11) is 0. The van der Waals surface area contributed by atoms with Crippen molar-refractivity contribution < 1.29 is 14.7 Å². The van der Waals surface area contributed by atoms with Gasteiger partial charge in [0.2, 0.25) is 5.91 Å². The number of aliphatic carboxylic acids is 1. The molecule has 0 saturated heterocycles. The minimum Gasteiger partial charge on any atom is -0.481 e. The lowest BCUT2D eigenvalue weighted by Gasteiger charge is -2.20. The van der Waals surface area contributed by atoms with Gasteiger partial charge in [-0.1, -0.05) is 6.92 Å². The third-order valence-electron chi connectivity index (χ3n) is 2.38. The van der Waals surface area contributed by atoms with Crippen molar-refractivity contribution in [3.8, 4) is 6.07 Å². The van der Waals surface area contributed by atoms with Crippen LogP contribution in [-0.4, -0.2) is 23.0 Å². The topological polar surface area (TPSA) is 90.2 Å². The van der Waals surface area contributed by atoms with Crippen LogP contribution in [0.3, 0.4) is 0 Å². The number of hydrogen-bond donors (Lipinski definition) is 2. The maximum Gasteiger partial charge on any atom is 0.309 e. The number of carbonyl (C=O) groups excluding carboxylic acids is 1. The van der Waals surface area contributed by atoms with Crippen LogP contribution in [0.15, 0.2) is 0 Å². The van der Waals surface area contributed by atoms with Crippen LogP contribution in [0.5, 0.6) is 0 Å². The average Bonchev–Trinajstić information content (AvgIpc) is 2.15. The van der Waals surface area contributed by atoms with Gasteiger partial charge in [-0.05, 0) is 20.3 Å². The van der Waals surface area contributed by atoms with Crippen molar-refractivity contribution in [1.82, 2.24) is 5.32 Å². The van der Waals surface area contributed by atoms with Gasteiger partial charge in [-0.3, -0.25) is 9.59 Å². The number of carbonyl (C=O) groups is 2. The van der Waals surface area contributed by atoms with Crippen molar-refractivity contribution in [2.45, 2.75) is 46.1 Å². The molecule has 0 heterocycles. The lowest BCUT2D eigenvalue weighted by molar-refractivity contribution is -0.149. The molecule has 5 nitrogen and oxygen atoms in total. The SMILES string of the molecule is CCC(CC#N)NC(=O)CC(C)(C)C(=O)O. The fraction of sp³-hybridized carbons (Fsp3) is 0.727. The molecule has 0 radical (unpaired) electrons. The highest BCUT2D eigenvalue weighted by molar-refractivity contribution is 5.84. The second kappa shape index (κ2) is 6.11. The fourth-order valence-corrected chi connectivity index (χ4v) is 1.16. The molecule has 5 heteroatoms. The van der Waals surface area contributed by atoms with E-state index in [4.69, 9.17) is 10.4 Å². The Morgan fingerprint density at radius 2 is 2.06 bits per heavy atom. The highest BCUT2D eigenvalue weighted by atomic mass is 16.4. The number of carboxylic acids is 1. The molecule has 2 N–H and O–H groups in total. The smallest absolute Gasteiger partial charge is 0.309 e. The number of amides is 1. The Labute approximate surface area is 95.4 Å². The van der Waals surface area contributed by atoms with E-state index in [2.05, 4.69) is 5.32 Å². The van der Waals surface area contributed by atoms with Crippen LogP contribution in [0.2, 0.25) is 0 Å². The molecule has 16 heavy (non-hydrogen) atoms. The monoisotopic (exact) mass is 226 g/mol. The third kappa shape index (κ3) is 4.78. The molecule has 90 valence electrons. The molecule has 0 aliphatic rings. The van der Waals surface area contributed by atoms with Gasteiger partial charge in [0, 0.05) is 12.5 Å². The minimum absolute atomic E-state index is 0.0791. The summed E-state index contributed by atoms with van der Waals surface area (Å²) in [6.07, 6.45) is 0.826. The van der Waals surface area contributed by atoms with Crippen LogP contribution in [0.4, 0.5) is 0 Å². The molecule has 0 aliphatic carbocycles. The number of nitriles is 1. The summed E-state index contributed by atoms with van der Waals surface area (Å²) in [4.78, 5) is 22.3. The Hall–Kier alpha value is -1.57. The zero-order valence-corrected chi connectivity index (χ0v) is 9.91. The van der Waals surface area contributed by atoms with Gasteiger partial charge in [-0.15, -0.1) is 0 Å². The first-order valence-electron chi connectivity index (χ1n) is 5.23. The van der Waals surface area contributed by atoms with Gasteiger partial charge in [0.1, 0.15) is 0 Å². The van der Waals surface area contributed by atoms with Crippen molar-refractivity contribution in [1.29, 1.82) is 5.26 Å². The van der Waals surface area contributed by atoms with E-state index < -0.39 is 11.4 Å². The molecule has 0 rings (SSSR count). The van der Waals surface area contributed by atoms with Gasteiger partial charge < -0.3 is 10.4 Å². The number of hydrogen-bond acceptors (Lipinski definition) is 3. The van der Waals surface area contributed by atoms with E-state index in [0.29, 0.717) is 6.42 Å². The summed E-state index contributed by atoms with van der Waals surface area (Å²) < 4.78 is 0. The molecule has 0 fully saturated rings. The lowest BCUT2D eigenvalue weighted by Crippen LogP contribution is -2.38. The van der Waals surface area contributed by atoms with Gasteiger partial charge >= 0.3 is 5.97 Å². The van der Waals surface area contributed by atoms with Crippen molar-refractivity contribution in [3.63, 3.8) is 0 Å². The maximum absolute atomic E-state index is 11.5. The summed E-state index contributed by atoms with van der Waals surface area (Å²) in [5.74, 6) is -1.33. The predicted molar refractivity (Wildman–Crippen MR) is 58.5 cm³/mol. The van der Waals surface area contributed by atoms with Crippen molar-refractivity contribution in [3.05, 3.63) is 0 Å². The van der Waals surface area contributed by atoms with Gasteiger partial charge in [-0.25, -0.2) is 0 Å². The fourth-order valence-electron chi connectivity index (χ4n) is 1.16. The van der Waals surface area contributed by atoms with Crippen LogP contribution >= 0.6 is 0 Å². The highest BCUT2D eigenvalue weighted by Gasteiger charge is 2.30. The third-order valence-corrected chi connectivity index (χ3v) is 2.38. The summed E-state index contributed by atoms with van der Waals surface area (Å²) in [5.41, 5.74) is -1.07. The van der Waals surface area contributed by atoms with E-state index >= 15 is 0 Å². The standard InChI is InChI=1S/C11H18N2O3/c1-4-8(5-6-12)13-9(14)7-11(2,3)10(15)16/h8H,4-5,7H2,1-3H3,(H,13,14)(H,15,16). The summed E-state index contributed by atoms with van der Waals surface area (Å²) in [5, 5.41) is 20.0. The molecule has 0 saturated carbocycles. The molecule has 1 unspecified atom stereocenters. The molecular weight excluding hydrogens is 208 g/mol. The average molecular weight is 226 g/mol. The molecule has 1 amide bonds. The van der Waals surface area contributed by atoms with Gasteiger partial charge in [0.15, 0.2) is 0 Å². The summed E-state index contributed by atoms with van der Waals surface area (Å²) in [6, 6.07) is 1.79. The first-order valence-corrected chi connectivity index (χ1v) is 5.23. The summed E-state index contributed by atoms with van der Waals surface area (Å²) >= 11 is 0. The first kappa shape index (κ1) is 14.4. The van der Waals surface area contributed by atoms with E-state index in [-0.39, 0.29) is 24.8 Å². The van der Waals surface area contributed by atoms with E-state index in [9.17, 15) is 9.59 Å². The highest BCUT2D eigenvalue weighted by Crippen LogP contribution is 2.20. The number of nitrogens with zero attached hydrogens (tertiary/aromatic N) is 1. The molecule has 0 spiro atoms. The van der Waals surface area contributed by atoms with Gasteiger partial charge in [0.25, 0.3) is 0 Å². The van der Waals surface area contributed by atoms with Crippen molar-refractivity contribution >= 4 is 11.9 Å². The number of nitrogens with one attached hydrogen (secondary N) is 1. The predicted octanol–water partition coefficient (Wildman–Crippen LogP) is 1.30. The van der Waals surface area contributed by atoms with Crippen LogP contribution in [0.25, 0.3) is 0 Å². The second-order valence-electron chi connectivity index (χ2n) is 4.40. The normalized spacial score (nSPS) is 12.6. The number of carboxylic acid groups (broad SMARTS) is 1. The molecule has 0 aromatic heterocycles. The molecular formula is C11H18N2O3. The molecule has 0 aromatic carbocycles. The van der Waals surface area contributed by atoms with Crippen LogP contribution < -0.4 is 5.32 Å². The Bertz CT molecular complexity index is 305. The summed E-state index contributed by atoms with van der Waals surface area (Å²) in [6.45, 7) is 4.87. The van der Waals surface area contributed by atoms with Crippen molar-refractivity contribution in [2.24, 2.45) is 5.41 Å². The van der Waals surface area contributed by atoms with E-state index in [1.807, 2.05) is 13.0 Å². The largest absolute Gasteiger partial charge is 0.481 e. The maximum atomic E-state index is 11.5. The lowest BCUT2D eigenvalue weighted by atomic mass is 9.89. The number of rotatable bonds is 6. The van der Waals surface area contributed by atoms with Gasteiger partial charge in [-0.2, -0.15) is 5.26 Å². The first-order chi connectivity index (χ1) is 7.33. The van der Waals surface area contributed by atoms with Crippen molar-refractivity contribution in [2.75, 3.05) is 0 Å². The quantitative estimate of drug-likeness (QED) is 0.714. The van der Waals surface area contributed by atoms with Gasteiger partial charge in [0.05, 0.1) is 17.9 Å². The minimum atomic E-state index is -1.07. The molecule has 1 atom stereocenters. The van der Waals surface area contributed by atoms with Crippen LogP contribution in [0.1, 0.15) is 40.0 Å². The molecule has 0 aliphatic heterocycles. The Morgan fingerprint density at radius 3 is 2.44 bits per heavy atom. The Morgan fingerprint density at radius 1 is 1.50 bits per heavy atom. The van der Waals surface area contributed by atoms with Crippen LogP contribution in [0, 0.1) is 16.7 Å². The van der Waals surface area contributed by atoms with E-state index in [1.165, 1.54) is 13.8 Å². The molecule has 0 aromatic rings. The Balaban J connectivity index is 4.28. The second-order valence-corrected chi connectivity index (χ2v) is 4.40. The zero-order valence-electron chi connectivity index (χ0n) is 9.91. The Kier molecular flexibility index (Phi) is 5.51. The van der Waals surface area contributed by atoms with Crippen LogP contribution in [-0.2, 0) is 9.59 Å². The molecule has 0 bridgehead atoms.